The minimum atomic E-state index is -0.807. The predicted octanol–water partition coefficient (Wildman–Crippen LogP) is 1.63. The monoisotopic (exact) mass is 197 g/mol. The summed E-state index contributed by atoms with van der Waals surface area (Å²) in [5.74, 6) is 0.0745. The molecule has 0 aliphatic rings. The maximum absolute atomic E-state index is 11.4. The first-order valence-electron chi connectivity index (χ1n) is 4.81. The van der Waals surface area contributed by atoms with Crippen molar-refractivity contribution in [2.24, 2.45) is 5.92 Å². The zero-order chi connectivity index (χ0) is 11.4. The summed E-state index contributed by atoms with van der Waals surface area (Å²) in [5.41, 5.74) is -0.807. The normalized spacial score (nSPS) is 14.7. The molecule has 1 unspecified atom stereocenters. The first-order valence-corrected chi connectivity index (χ1v) is 4.81. The van der Waals surface area contributed by atoms with Crippen molar-refractivity contribution >= 4 is 6.03 Å². The van der Waals surface area contributed by atoms with E-state index in [0.717, 1.165) is 0 Å². The third kappa shape index (κ3) is 3.65. The van der Waals surface area contributed by atoms with Gasteiger partial charge in [-0.15, -0.1) is 0 Å². The Morgan fingerprint density at radius 3 is 2.14 bits per heavy atom. The highest BCUT2D eigenvalue weighted by molar-refractivity contribution is 5.75. The minimum Gasteiger partial charge on any atom is -0.336 e. The molecule has 0 aromatic carbocycles. The second-order valence-electron chi connectivity index (χ2n) is 4.22. The number of carbonyl (C=O) groups excluding carboxylic acids is 1. The molecule has 0 bridgehead atoms. The molecule has 0 spiro atoms. The summed E-state index contributed by atoms with van der Waals surface area (Å²) in [6.07, 6.45) is 0. The highest BCUT2D eigenvalue weighted by Crippen LogP contribution is 2.14. The number of carbonyl (C=O) groups is 1. The summed E-state index contributed by atoms with van der Waals surface area (Å²) in [7, 11) is 0. The number of nitriles is 1. The quantitative estimate of drug-likeness (QED) is 0.722. The molecule has 0 saturated carbocycles. The van der Waals surface area contributed by atoms with Gasteiger partial charge in [-0.05, 0) is 26.7 Å². The molecule has 0 radical (unpaired) electrons. The zero-order valence-electron chi connectivity index (χ0n) is 9.51. The second-order valence-corrected chi connectivity index (χ2v) is 4.22. The maximum Gasteiger partial charge on any atom is 0.316 e. The Hall–Kier alpha value is -1.24. The molecule has 0 heterocycles. The molecule has 4 heteroatoms. The van der Waals surface area contributed by atoms with Gasteiger partial charge < -0.3 is 10.6 Å². The average Bonchev–Trinajstić information content (AvgIpc) is 2.01. The van der Waals surface area contributed by atoms with Crippen LogP contribution in [0.15, 0.2) is 0 Å². The van der Waals surface area contributed by atoms with Crippen LogP contribution in [0.5, 0.6) is 0 Å². The fraction of sp³-hybridized carbons (Fsp3) is 0.800. The van der Waals surface area contributed by atoms with Crippen molar-refractivity contribution in [2.45, 2.75) is 46.2 Å². The van der Waals surface area contributed by atoms with Gasteiger partial charge in [-0.1, -0.05) is 13.8 Å². The molecule has 0 saturated heterocycles. The topological polar surface area (TPSA) is 64.9 Å². The average molecular weight is 197 g/mol. The van der Waals surface area contributed by atoms with Crippen LogP contribution in [0.3, 0.4) is 0 Å². The number of nitrogens with zero attached hydrogens (tertiary/aromatic N) is 1. The van der Waals surface area contributed by atoms with E-state index >= 15 is 0 Å². The van der Waals surface area contributed by atoms with Gasteiger partial charge in [-0.25, -0.2) is 4.79 Å². The van der Waals surface area contributed by atoms with Crippen LogP contribution >= 0.6 is 0 Å². The van der Waals surface area contributed by atoms with Crippen LogP contribution in [0.25, 0.3) is 0 Å². The lowest BCUT2D eigenvalue weighted by Gasteiger charge is -2.27. The molecule has 80 valence electrons. The van der Waals surface area contributed by atoms with Crippen molar-refractivity contribution in [3.8, 4) is 6.07 Å². The Labute approximate surface area is 85.7 Å². The lowest BCUT2D eigenvalue weighted by molar-refractivity contribution is 0.224. The van der Waals surface area contributed by atoms with E-state index in [1.54, 1.807) is 6.92 Å². The summed E-state index contributed by atoms with van der Waals surface area (Å²) in [6.45, 7) is 9.27. The Bertz CT molecular complexity index is 242. The van der Waals surface area contributed by atoms with E-state index < -0.39 is 5.54 Å². The van der Waals surface area contributed by atoms with Gasteiger partial charge in [0.2, 0.25) is 0 Å². The standard InChI is InChI=1S/C10H19N3O/c1-7(2)10(5,6-11)13-9(14)12-8(3)4/h7-8H,1-5H3,(H2,12,13,14). The summed E-state index contributed by atoms with van der Waals surface area (Å²) in [6, 6.07) is 1.89. The van der Waals surface area contributed by atoms with E-state index in [4.69, 9.17) is 5.26 Å². The Kier molecular flexibility index (Phi) is 4.42. The van der Waals surface area contributed by atoms with Gasteiger partial charge in [0.15, 0.2) is 0 Å². The number of urea groups is 1. The molecule has 0 aliphatic heterocycles. The summed E-state index contributed by atoms with van der Waals surface area (Å²) >= 11 is 0. The van der Waals surface area contributed by atoms with Crippen LogP contribution in [-0.2, 0) is 0 Å². The highest BCUT2D eigenvalue weighted by Gasteiger charge is 2.29. The largest absolute Gasteiger partial charge is 0.336 e. The number of hydrogen-bond acceptors (Lipinski definition) is 2. The van der Waals surface area contributed by atoms with Crippen molar-refractivity contribution in [2.75, 3.05) is 0 Å². The number of hydrogen-bond donors (Lipinski definition) is 2. The van der Waals surface area contributed by atoms with Crippen molar-refractivity contribution in [3.63, 3.8) is 0 Å². The number of rotatable bonds is 3. The molecule has 0 aromatic rings. The lowest BCUT2D eigenvalue weighted by Crippen LogP contribution is -2.53. The Morgan fingerprint density at radius 1 is 1.36 bits per heavy atom. The van der Waals surface area contributed by atoms with Crippen LogP contribution < -0.4 is 10.6 Å². The third-order valence-corrected chi connectivity index (χ3v) is 2.18. The van der Waals surface area contributed by atoms with E-state index in [1.807, 2.05) is 27.7 Å². The van der Waals surface area contributed by atoms with E-state index in [9.17, 15) is 4.79 Å². The fourth-order valence-electron chi connectivity index (χ4n) is 0.836. The summed E-state index contributed by atoms with van der Waals surface area (Å²) in [4.78, 5) is 11.4. The molecule has 0 aromatic heterocycles. The van der Waals surface area contributed by atoms with E-state index in [2.05, 4.69) is 16.7 Å². The molecular weight excluding hydrogens is 178 g/mol. The number of nitrogens with one attached hydrogen (secondary N) is 2. The van der Waals surface area contributed by atoms with Crippen LogP contribution in [0.1, 0.15) is 34.6 Å². The SMILES string of the molecule is CC(C)NC(=O)NC(C)(C#N)C(C)C. The highest BCUT2D eigenvalue weighted by atomic mass is 16.2. The van der Waals surface area contributed by atoms with E-state index in [0.29, 0.717) is 0 Å². The van der Waals surface area contributed by atoms with Crippen LogP contribution in [0.4, 0.5) is 4.79 Å². The van der Waals surface area contributed by atoms with Crippen LogP contribution in [0, 0.1) is 17.2 Å². The van der Waals surface area contributed by atoms with Crippen LogP contribution in [-0.4, -0.2) is 17.6 Å². The van der Waals surface area contributed by atoms with Gasteiger partial charge in [0.05, 0.1) is 6.07 Å². The van der Waals surface area contributed by atoms with Gasteiger partial charge in [-0.3, -0.25) is 0 Å². The van der Waals surface area contributed by atoms with Gasteiger partial charge in [0, 0.05) is 6.04 Å². The van der Waals surface area contributed by atoms with Gasteiger partial charge in [0.1, 0.15) is 5.54 Å². The third-order valence-electron chi connectivity index (χ3n) is 2.18. The van der Waals surface area contributed by atoms with E-state index in [1.165, 1.54) is 0 Å². The van der Waals surface area contributed by atoms with Crippen molar-refractivity contribution in [3.05, 3.63) is 0 Å². The second kappa shape index (κ2) is 4.85. The molecule has 14 heavy (non-hydrogen) atoms. The van der Waals surface area contributed by atoms with Crippen molar-refractivity contribution in [1.29, 1.82) is 5.26 Å². The molecule has 1 atom stereocenters. The summed E-state index contributed by atoms with van der Waals surface area (Å²) in [5, 5.41) is 14.3. The molecule has 4 nitrogen and oxygen atoms in total. The van der Waals surface area contributed by atoms with Gasteiger partial charge >= 0.3 is 6.03 Å². The van der Waals surface area contributed by atoms with Crippen molar-refractivity contribution < 1.29 is 4.79 Å². The number of amides is 2. The lowest BCUT2D eigenvalue weighted by atomic mass is 9.90. The van der Waals surface area contributed by atoms with Crippen LogP contribution in [0.2, 0.25) is 0 Å². The molecule has 0 fully saturated rings. The van der Waals surface area contributed by atoms with Gasteiger partial charge in [0.25, 0.3) is 0 Å². The molecule has 2 N–H and O–H groups in total. The minimum absolute atomic E-state index is 0.0742. The maximum atomic E-state index is 11.4. The first-order chi connectivity index (χ1) is 6.31. The fourth-order valence-corrected chi connectivity index (χ4v) is 0.836. The Morgan fingerprint density at radius 2 is 1.86 bits per heavy atom. The molecule has 2 amide bonds. The predicted molar refractivity (Wildman–Crippen MR) is 55.7 cm³/mol. The van der Waals surface area contributed by atoms with E-state index in [-0.39, 0.29) is 18.0 Å². The summed E-state index contributed by atoms with van der Waals surface area (Å²) < 4.78 is 0. The Balaban J connectivity index is 4.35. The van der Waals surface area contributed by atoms with Crippen molar-refractivity contribution in [1.82, 2.24) is 10.6 Å². The molecular formula is C10H19N3O. The smallest absolute Gasteiger partial charge is 0.316 e. The molecule has 0 rings (SSSR count). The first kappa shape index (κ1) is 12.8. The molecule has 0 aliphatic carbocycles. The van der Waals surface area contributed by atoms with Gasteiger partial charge in [-0.2, -0.15) is 5.26 Å². The zero-order valence-corrected chi connectivity index (χ0v) is 9.51.